The first-order valence-corrected chi connectivity index (χ1v) is 6.86. The molecule has 1 rings (SSSR count). The molecule has 1 aromatic rings. The van der Waals surface area contributed by atoms with E-state index in [0.717, 1.165) is 12.8 Å². The number of rotatable bonds is 8. The Morgan fingerprint density at radius 1 is 1.10 bits per heavy atom. The number of amides is 1. The number of benzene rings is 1. The molecule has 0 aliphatic rings. The van der Waals surface area contributed by atoms with Gasteiger partial charge in [-0.1, -0.05) is 0 Å². The van der Waals surface area contributed by atoms with E-state index >= 15 is 0 Å². The van der Waals surface area contributed by atoms with Crippen LogP contribution in [0.3, 0.4) is 0 Å². The van der Waals surface area contributed by atoms with Crippen molar-refractivity contribution in [3.63, 3.8) is 0 Å². The number of hydrogen-bond donors (Lipinski definition) is 1. The van der Waals surface area contributed by atoms with E-state index in [-0.39, 0.29) is 5.91 Å². The van der Waals surface area contributed by atoms with Crippen LogP contribution in [0, 0.1) is 0 Å². The number of ether oxygens (including phenoxy) is 3. The molecular weight excluding hydrogens is 282 g/mol. The first-order chi connectivity index (χ1) is 9.69. The van der Waals surface area contributed by atoms with E-state index in [9.17, 15) is 4.79 Å². The van der Waals surface area contributed by atoms with Crippen molar-refractivity contribution in [2.45, 2.75) is 12.8 Å². The van der Waals surface area contributed by atoms with Crippen LogP contribution in [0.1, 0.15) is 23.2 Å². The molecule has 1 N–H and O–H groups in total. The molecule has 0 bridgehead atoms. The SMILES string of the molecule is COc1ccc(C(=O)NCCCCCl)c(OC)c1OC. The van der Waals surface area contributed by atoms with Crippen LogP contribution in [-0.2, 0) is 0 Å². The first kappa shape index (κ1) is 16.4. The van der Waals surface area contributed by atoms with Gasteiger partial charge in [0.25, 0.3) is 5.91 Å². The van der Waals surface area contributed by atoms with Crippen LogP contribution in [0.2, 0.25) is 0 Å². The van der Waals surface area contributed by atoms with Crippen molar-refractivity contribution in [2.75, 3.05) is 33.8 Å². The minimum Gasteiger partial charge on any atom is -0.493 e. The maximum atomic E-state index is 12.1. The van der Waals surface area contributed by atoms with Crippen LogP contribution in [0.4, 0.5) is 0 Å². The number of carbonyl (C=O) groups excluding carboxylic acids is 1. The average Bonchev–Trinajstić information content (AvgIpc) is 2.49. The normalized spacial score (nSPS) is 10.0. The Labute approximate surface area is 124 Å². The van der Waals surface area contributed by atoms with E-state index in [1.54, 1.807) is 12.1 Å². The zero-order chi connectivity index (χ0) is 15.0. The predicted molar refractivity (Wildman–Crippen MR) is 78.4 cm³/mol. The molecule has 0 aromatic heterocycles. The van der Waals surface area contributed by atoms with E-state index in [1.807, 2.05) is 0 Å². The standard InChI is InChI=1S/C14H20ClNO4/c1-18-11-7-6-10(12(19-2)13(11)20-3)14(17)16-9-5-4-8-15/h6-7H,4-5,8-9H2,1-3H3,(H,16,17). The fraction of sp³-hybridized carbons (Fsp3) is 0.500. The van der Waals surface area contributed by atoms with Crippen LogP contribution in [0.15, 0.2) is 12.1 Å². The van der Waals surface area contributed by atoms with Gasteiger partial charge in [-0.3, -0.25) is 4.79 Å². The Balaban J connectivity index is 2.91. The molecule has 6 heteroatoms. The third-order valence-electron chi connectivity index (χ3n) is 2.79. The number of methoxy groups -OCH3 is 3. The molecule has 0 atom stereocenters. The molecule has 112 valence electrons. The van der Waals surface area contributed by atoms with Gasteiger partial charge in [-0.2, -0.15) is 0 Å². The Morgan fingerprint density at radius 2 is 1.80 bits per heavy atom. The van der Waals surface area contributed by atoms with Gasteiger partial charge in [0.15, 0.2) is 11.5 Å². The van der Waals surface area contributed by atoms with Crippen molar-refractivity contribution in [2.24, 2.45) is 0 Å². The van der Waals surface area contributed by atoms with Gasteiger partial charge < -0.3 is 19.5 Å². The number of carbonyl (C=O) groups is 1. The van der Waals surface area contributed by atoms with Crippen LogP contribution in [0.25, 0.3) is 0 Å². The van der Waals surface area contributed by atoms with E-state index in [4.69, 9.17) is 25.8 Å². The summed E-state index contributed by atoms with van der Waals surface area (Å²) < 4.78 is 15.7. The van der Waals surface area contributed by atoms with Crippen LogP contribution in [-0.4, -0.2) is 39.7 Å². The van der Waals surface area contributed by atoms with E-state index in [0.29, 0.717) is 35.2 Å². The van der Waals surface area contributed by atoms with Gasteiger partial charge in [-0.25, -0.2) is 0 Å². The van der Waals surface area contributed by atoms with E-state index in [1.165, 1.54) is 21.3 Å². The molecule has 0 aliphatic carbocycles. The van der Waals surface area contributed by atoms with Crippen molar-refractivity contribution >= 4 is 17.5 Å². The minimum atomic E-state index is -0.211. The van der Waals surface area contributed by atoms with E-state index in [2.05, 4.69) is 5.32 Å². The fourth-order valence-electron chi connectivity index (χ4n) is 1.80. The molecular formula is C14H20ClNO4. The lowest BCUT2D eigenvalue weighted by atomic mass is 10.1. The number of unbranched alkanes of at least 4 members (excludes halogenated alkanes) is 1. The van der Waals surface area contributed by atoms with Crippen LogP contribution in [0.5, 0.6) is 17.2 Å². The third-order valence-corrected chi connectivity index (χ3v) is 3.06. The van der Waals surface area contributed by atoms with Gasteiger partial charge in [0, 0.05) is 12.4 Å². The van der Waals surface area contributed by atoms with Gasteiger partial charge in [-0.15, -0.1) is 11.6 Å². The smallest absolute Gasteiger partial charge is 0.255 e. The lowest BCUT2D eigenvalue weighted by Crippen LogP contribution is -2.25. The summed E-state index contributed by atoms with van der Waals surface area (Å²) in [5, 5.41) is 2.82. The maximum Gasteiger partial charge on any atom is 0.255 e. The minimum absolute atomic E-state index is 0.211. The highest BCUT2D eigenvalue weighted by Gasteiger charge is 2.20. The Morgan fingerprint density at radius 3 is 2.35 bits per heavy atom. The highest BCUT2D eigenvalue weighted by atomic mass is 35.5. The largest absolute Gasteiger partial charge is 0.493 e. The van der Waals surface area contributed by atoms with Crippen molar-refractivity contribution < 1.29 is 19.0 Å². The zero-order valence-electron chi connectivity index (χ0n) is 12.0. The maximum absolute atomic E-state index is 12.1. The number of halogens is 1. The first-order valence-electron chi connectivity index (χ1n) is 6.32. The summed E-state index contributed by atoms with van der Waals surface area (Å²) in [7, 11) is 4.52. The predicted octanol–water partition coefficient (Wildman–Crippen LogP) is 2.46. The number of hydrogen-bond acceptors (Lipinski definition) is 4. The highest BCUT2D eigenvalue weighted by molar-refractivity contribution is 6.17. The second-order valence-electron chi connectivity index (χ2n) is 4.03. The monoisotopic (exact) mass is 301 g/mol. The lowest BCUT2D eigenvalue weighted by Gasteiger charge is -2.15. The summed E-state index contributed by atoms with van der Waals surface area (Å²) in [5.74, 6) is 1.67. The molecule has 0 aliphatic heterocycles. The Hall–Kier alpha value is -1.62. The Kier molecular flexibility index (Phi) is 7.01. The van der Waals surface area contributed by atoms with E-state index < -0.39 is 0 Å². The quantitative estimate of drug-likeness (QED) is 0.592. The van der Waals surface area contributed by atoms with Gasteiger partial charge in [0.05, 0.1) is 26.9 Å². The van der Waals surface area contributed by atoms with Gasteiger partial charge in [-0.05, 0) is 25.0 Å². The molecule has 5 nitrogen and oxygen atoms in total. The van der Waals surface area contributed by atoms with Crippen LogP contribution >= 0.6 is 11.6 Å². The van der Waals surface area contributed by atoms with Crippen LogP contribution < -0.4 is 19.5 Å². The molecule has 0 radical (unpaired) electrons. The van der Waals surface area contributed by atoms with Gasteiger partial charge >= 0.3 is 0 Å². The molecule has 0 fully saturated rings. The summed E-state index contributed by atoms with van der Waals surface area (Å²) in [6.07, 6.45) is 1.70. The fourth-order valence-corrected chi connectivity index (χ4v) is 1.99. The number of nitrogens with one attached hydrogen (secondary N) is 1. The molecule has 1 aromatic carbocycles. The van der Waals surface area contributed by atoms with Gasteiger partial charge in [0.2, 0.25) is 5.75 Å². The number of alkyl halides is 1. The summed E-state index contributed by atoms with van der Waals surface area (Å²) >= 11 is 5.59. The topological polar surface area (TPSA) is 56.8 Å². The van der Waals surface area contributed by atoms with Crippen molar-refractivity contribution in [1.29, 1.82) is 0 Å². The van der Waals surface area contributed by atoms with Crippen molar-refractivity contribution in [1.82, 2.24) is 5.32 Å². The van der Waals surface area contributed by atoms with Crippen molar-refractivity contribution in [3.8, 4) is 17.2 Å². The molecule has 20 heavy (non-hydrogen) atoms. The molecule has 0 saturated heterocycles. The highest BCUT2D eigenvalue weighted by Crippen LogP contribution is 2.39. The summed E-state index contributed by atoms with van der Waals surface area (Å²) in [6, 6.07) is 3.33. The third kappa shape index (κ3) is 3.93. The summed E-state index contributed by atoms with van der Waals surface area (Å²) in [6.45, 7) is 0.572. The zero-order valence-corrected chi connectivity index (χ0v) is 12.8. The molecule has 0 unspecified atom stereocenters. The Bertz CT molecular complexity index is 451. The average molecular weight is 302 g/mol. The molecule has 0 heterocycles. The molecule has 1 amide bonds. The van der Waals surface area contributed by atoms with Crippen molar-refractivity contribution in [3.05, 3.63) is 17.7 Å². The van der Waals surface area contributed by atoms with Gasteiger partial charge in [0.1, 0.15) is 0 Å². The summed E-state index contributed by atoms with van der Waals surface area (Å²) in [4.78, 5) is 12.1. The molecule has 0 saturated carbocycles. The molecule has 0 spiro atoms. The second-order valence-corrected chi connectivity index (χ2v) is 4.41. The summed E-state index contributed by atoms with van der Waals surface area (Å²) in [5.41, 5.74) is 0.413. The second kappa shape index (κ2) is 8.53. The lowest BCUT2D eigenvalue weighted by molar-refractivity contribution is 0.0949.